The topological polar surface area (TPSA) is 58.4 Å². The van der Waals surface area contributed by atoms with E-state index < -0.39 is 0 Å². The second-order valence-electron chi connectivity index (χ2n) is 5.46. The average molecular weight is 317 g/mol. The Kier molecular flexibility index (Phi) is 5.12. The molecule has 6 nitrogen and oxygen atoms in total. The summed E-state index contributed by atoms with van der Waals surface area (Å²) < 4.78 is 18.6. The third kappa shape index (κ3) is 3.82. The first-order valence-corrected chi connectivity index (χ1v) is 8.17. The van der Waals surface area contributed by atoms with Crippen LogP contribution in [0.25, 0.3) is 0 Å². The molecule has 2 aromatic rings. The lowest BCUT2D eigenvalue weighted by molar-refractivity contribution is 0.192. The number of ether oxygens (including phenoxy) is 3. The zero-order valence-electron chi connectivity index (χ0n) is 13.7. The van der Waals surface area contributed by atoms with Gasteiger partial charge in [-0.1, -0.05) is 0 Å². The summed E-state index contributed by atoms with van der Waals surface area (Å²) in [5.74, 6) is 3.70. The van der Waals surface area contributed by atoms with Crippen molar-refractivity contribution in [2.75, 3.05) is 19.8 Å². The normalized spacial score (nSPS) is 17.4. The Hall–Kier alpha value is -2.08. The van der Waals surface area contributed by atoms with Gasteiger partial charge in [0.05, 0.1) is 13.2 Å². The lowest BCUT2D eigenvalue weighted by atomic mass is 10.1. The van der Waals surface area contributed by atoms with Gasteiger partial charge in [-0.2, -0.15) is 5.10 Å². The van der Waals surface area contributed by atoms with Crippen LogP contribution in [0.15, 0.2) is 24.3 Å². The molecule has 0 amide bonds. The van der Waals surface area contributed by atoms with Crippen LogP contribution >= 0.6 is 0 Å². The fourth-order valence-electron chi connectivity index (χ4n) is 2.68. The van der Waals surface area contributed by atoms with Crippen LogP contribution in [0.5, 0.6) is 11.5 Å². The summed E-state index contributed by atoms with van der Waals surface area (Å²) in [6.45, 7) is 7.41. The Morgan fingerprint density at radius 3 is 2.52 bits per heavy atom. The van der Waals surface area contributed by atoms with E-state index in [4.69, 9.17) is 14.2 Å². The quantitative estimate of drug-likeness (QED) is 0.786. The van der Waals surface area contributed by atoms with Crippen LogP contribution in [0.2, 0.25) is 0 Å². The first kappa shape index (κ1) is 15.8. The highest BCUT2D eigenvalue weighted by Gasteiger charge is 2.24. The predicted molar refractivity (Wildman–Crippen MR) is 85.8 cm³/mol. The molecule has 0 radical (unpaired) electrons. The molecule has 2 heterocycles. The van der Waals surface area contributed by atoms with Crippen molar-refractivity contribution in [2.24, 2.45) is 0 Å². The van der Waals surface area contributed by atoms with Crippen molar-refractivity contribution in [3.63, 3.8) is 0 Å². The molecule has 3 rings (SSSR count). The summed E-state index contributed by atoms with van der Waals surface area (Å²) in [6.07, 6.45) is 1.01. The molecule has 0 N–H and O–H groups in total. The summed E-state index contributed by atoms with van der Waals surface area (Å²) in [7, 11) is 0. The van der Waals surface area contributed by atoms with Gasteiger partial charge >= 0.3 is 0 Å². The number of nitrogens with zero attached hydrogens (tertiary/aromatic N) is 3. The monoisotopic (exact) mass is 317 g/mol. The smallest absolute Gasteiger partial charge is 0.188 e. The number of rotatable bonds is 7. The van der Waals surface area contributed by atoms with E-state index in [0.717, 1.165) is 43.5 Å². The predicted octanol–water partition coefficient (Wildman–Crippen LogP) is 2.78. The van der Waals surface area contributed by atoms with Gasteiger partial charge in [0.1, 0.15) is 23.9 Å². The molecule has 0 spiro atoms. The van der Waals surface area contributed by atoms with Crippen LogP contribution in [0, 0.1) is 0 Å². The maximum Gasteiger partial charge on any atom is 0.188 e. The zero-order chi connectivity index (χ0) is 16.1. The molecule has 6 heteroatoms. The van der Waals surface area contributed by atoms with Crippen LogP contribution in [0.3, 0.4) is 0 Å². The molecule has 124 valence electrons. The van der Waals surface area contributed by atoms with E-state index in [9.17, 15) is 0 Å². The van der Waals surface area contributed by atoms with Crippen molar-refractivity contribution in [1.29, 1.82) is 0 Å². The number of benzene rings is 1. The third-order valence-electron chi connectivity index (χ3n) is 3.84. The maximum atomic E-state index is 5.78. The standard InChI is InChI=1S/C17H23N3O3/c1-3-20-17(13-9-10-21-11-13)18-16(19-20)12-23-15-7-5-14(6-8-15)22-4-2/h5-8,13H,3-4,9-12H2,1-2H3. The van der Waals surface area contributed by atoms with E-state index in [-0.39, 0.29) is 0 Å². The summed E-state index contributed by atoms with van der Waals surface area (Å²) >= 11 is 0. The minimum Gasteiger partial charge on any atom is -0.494 e. The summed E-state index contributed by atoms with van der Waals surface area (Å²) in [5.41, 5.74) is 0. The second kappa shape index (κ2) is 7.46. The van der Waals surface area contributed by atoms with Crippen LogP contribution in [-0.4, -0.2) is 34.6 Å². The van der Waals surface area contributed by atoms with Crippen molar-refractivity contribution >= 4 is 0 Å². The Bertz CT molecular complexity index is 619. The van der Waals surface area contributed by atoms with Gasteiger partial charge < -0.3 is 14.2 Å². The number of hydrogen-bond donors (Lipinski definition) is 0. The van der Waals surface area contributed by atoms with E-state index in [1.54, 1.807) is 0 Å². The van der Waals surface area contributed by atoms with Crippen LogP contribution in [-0.2, 0) is 17.9 Å². The molecule has 1 aliphatic rings. The second-order valence-corrected chi connectivity index (χ2v) is 5.46. The molecular formula is C17H23N3O3. The molecule has 1 aromatic heterocycles. The van der Waals surface area contributed by atoms with Crippen molar-refractivity contribution in [2.45, 2.75) is 39.3 Å². The molecule has 0 saturated carbocycles. The van der Waals surface area contributed by atoms with Crippen molar-refractivity contribution in [3.05, 3.63) is 35.9 Å². The van der Waals surface area contributed by atoms with E-state index >= 15 is 0 Å². The third-order valence-corrected chi connectivity index (χ3v) is 3.84. The lowest BCUT2D eigenvalue weighted by Gasteiger charge is -2.06. The molecule has 1 saturated heterocycles. The summed E-state index contributed by atoms with van der Waals surface area (Å²) in [6, 6.07) is 7.59. The molecule has 1 unspecified atom stereocenters. The Morgan fingerprint density at radius 1 is 1.17 bits per heavy atom. The first-order valence-electron chi connectivity index (χ1n) is 8.17. The van der Waals surface area contributed by atoms with Gasteiger partial charge in [0.15, 0.2) is 5.82 Å². The molecule has 1 aliphatic heterocycles. The molecule has 23 heavy (non-hydrogen) atoms. The van der Waals surface area contributed by atoms with E-state index in [1.807, 2.05) is 35.9 Å². The number of aromatic nitrogens is 3. The number of hydrogen-bond acceptors (Lipinski definition) is 5. The van der Waals surface area contributed by atoms with Gasteiger partial charge in [0.2, 0.25) is 0 Å². The minimum absolute atomic E-state index is 0.349. The molecular weight excluding hydrogens is 294 g/mol. The molecule has 1 aromatic carbocycles. The largest absolute Gasteiger partial charge is 0.494 e. The van der Waals surface area contributed by atoms with Crippen LogP contribution < -0.4 is 9.47 Å². The van der Waals surface area contributed by atoms with E-state index in [0.29, 0.717) is 25.0 Å². The Labute approximate surface area is 136 Å². The van der Waals surface area contributed by atoms with Crippen LogP contribution in [0.4, 0.5) is 0 Å². The molecule has 0 bridgehead atoms. The van der Waals surface area contributed by atoms with Gasteiger partial charge in [0, 0.05) is 19.1 Å². The first-order chi connectivity index (χ1) is 11.3. The maximum absolute atomic E-state index is 5.78. The molecule has 1 fully saturated rings. The highest BCUT2D eigenvalue weighted by molar-refractivity contribution is 5.31. The number of aryl methyl sites for hydroxylation is 1. The average Bonchev–Trinajstić information content (AvgIpc) is 3.23. The highest BCUT2D eigenvalue weighted by atomic mass is 16.5. The molecule has 0 aliphatic carbocycles. The van der Waals surface area contributed by atoms with Gasteiger partial charge in [-0.3, -0.25) is 0 Å². The van der Waals surface area contributed by atoms with Crippen LogP contribution in [0.1, 0.15) is 37.8 Å². The SMILES string of the molecule is CCOc1ccc(OCc2nc(C3CCOC3)n(CC)n2)cc1. The summed E-state index contributed by atoms with van der Waals surface area (Å²) in [5, 5.41) is 4.54. The Balaban J connectivity index is 1.63. The molecule has 1 atom stereocenters. The van der Waals surface area contributed by atoms with Crippen molar-refractivity contribution in [1.82, 2.24) is 14.8 Å². The van der Waals surface area contributed by atoms with Gasteiger partial charge in [-0.15, -0.1) is 0 Å². The van der Waals surface area contributed by atoms with Gasteiger partial charge in [0.25, 0.3) is 0 Å². The minimum atomic E-state index is 0.349. The van der Waals surface area contributed by atoms with E-state index in [2.05, 4.69) is 17.0 Å². The highest BCUT2D eigenvalue weighted by Crippen LogP contribution is 2.24. The zero-order valence-corrected chi connectivity index (χ0v) is 13.7. The fourth-order valence-corrected chi connectivity index (χ4v) is 2.68. The Morgan fingerprint density at radius 2 is 1.91 bits per heavy atom. The van der Waals surface area contributed by atoms with Crippen molar-refractivity contribution < 1.29 is 14.2 Å². The van der Waals surface area contributed by atoms with Crippen molar-refractivity contribution in [3.8, 4) is 11.5 Å². The lowest BCUT2D eigenvalue weighted by Crippen LogP contribution is -2.09. The van der Waals surface area contributed by atoms with E-state index in [1.165, 1.54) is 0 Å². The fraction of sp³-hybridized carbons (Fsp3) is 0.529. The summed E-state index contributed by atoms with van der Waals surface area (Å²) in [4.78, 5) is 4.65. The van der Waals surface area contributed by atoms with Gasteiger partial charge in [-0.05, 0) is 44.5 Å². The van der Waals surface area contributed by atoms with Gasteiger partial charge in [-0.25, -0.2) is 9.67 Å².